The Labute approximate surface area is 262 Å². The van der Waals surface area contributed by atoms with Crippen LogP contribution in [0.4, 0.5) is 5.69 Å². The van der Waals surface area contributed by atoms with Crippen LogP contribution in [0, 0.1) is 37.5 Å². The summed E-state index contributed by atoms with van der Waals surface area (Å²) >= 11 is 0. The second kappa shape index (κ2) is 10.1. The van der Waals surface area contributed by atoms with Crippen LogP contribution in [-0.2, 0) is 23.7 Å². The maximum atomic E-state index is 9.40. The normalized spacial score (nSPS) is 23.2. The number of terminal acetylenes is 1. The molecule has 0 radical (unpaired) electrons. The SMILES string of the molecule is C#Cc1ccc(-c2cc(-c3ccc(C#N)cc3)cc(C34CCC(c5c(C)c6c7c(c5C)CCCN7CCC6)(CC3)C4)c2)cc1. The van der Waals surface area contributed by atoms with E-state index in [1.54, 1.807) is 33.5 Å². The van der Waals surface area contributed by atoms with Crippen molar-refractivity contribution in [2.75, 3.05) is 18.0 Å². The van der Waals surface area contributed by atoms with Gasteiger partial charge in [-0.3, -0.25) is 0 Å². The lowest BCUT2D eigenvalue weighted by atomic mass is 9.70. The van der Waals surface area contributed by atoms with E-state index in [0.717, 1.165) is 11.1 Å². The average Bonchev–Trinajstić information content (AvgIpc) is 3.66. The first-order valence-electron chi connectivity index (χ1n) is 16.6. The summed E-state index contributed by atoms with van der Waals surface area (Å²) in [4.78, 5) is 2.71. The van der Waals surface area contributed by atoms with Crippen LogP contribution >= 0.6 is 0 Å². The van der Waals surface area contributed by atoms with Crippen molar-refractivity contribution in [3.8, 4) is 40.7 Å². The van der Waals surface area contributed by atoms with Crippen LogP contribution in [0.15, 0.2) is 66.7 Å². The van der Waals surface area contributed by atoms with Gasteiger partial charge in [0, 0.05) is 24.3 Å². The second-order valence-electron chi connectivity index (χ2n) is 14.1. The molecule has 44 heavy (non-hydrogen) atoms. The number of benzene rings is 4. The van der Waals surface area contributed by atoms with Gasteiger partial charge in [0.15, 0.2) is 0 Å². The lowest BCUT2D eigenvalue weighted by molar-refractivity contribution is 0.392. The molecule has 8 rings (SSSR count). The number of hydrogen-bond donors (Lipinski definition) is 0. The van der Waals surface area contributed by atoms with Gasteiger partial charge in [-0.1, -0.05) is 42.3 Å². The van der Waals surface area contributed by atoms with Crippen LogP contribution in [0.3, 0.4) is 0 Å². The Morgan fingerprint density at radius 3 is 1.73 bits per heavy atom. The summed E-state index contributed by atoms with van der Waals surface area (Å²) in [5.41, 5.74) is 18.3. The molecule has 2 nitrogen and oxygen atoms in total. The van der Waals surface area contributed by atoms with E-state index in [1.165, 1.54) is 93.1 Å². The van der Waals surface area contributed by atoms with Gasteiger partial charge in [0.05, 0.1) is 11.6 Å². The van der Waals surface area contributed by atoms with E-state index < -0.39 is 0 Å². The van der Waals surface area contributed by atoms with Crippen LogP contribution in [-0.4, -0.2) is 13.1 Å². The molecule has 2 aliphatic carbocycles. The van der Waals surface area contributed by atoms with E-state index in [-0.39, 0.29) is 10.8 Å². The zero-order valence-corrected chi connectivity index (χ0v) is 26.1. The Hall–Kier alpha value is -4.27. The van der Waals surface area contributed by atoms with Crippen molar-refractivity contribution in [2.45, 2.75) is 82.5 Å². The number of anilines is 1. The van der Waals surface area contributed by atoms with Crippen molar-refractivity contribution in [3.05, 3.63) is 111 Å². The third-order valence-corrected chi connectivity index (χ3v) is 11.9. The number of rotatable bonds is 4. The molecule has 2 saturated carbocycles. The Bertz CT molecular complexity index is 1760. The van der Waals surface area contributed by atoms with Gasteiger partial charge in [0.2, 0.25) is 0 Å². The highest BCUT2D eigenvalue weighted by Crippen LogP contribution is 2.65. The van der Waals surface area contributed by atoms with Gasteiger partial charge in [-0.05, 0) is 168 Å². The van der Waals surface area contributed by atoms with Gasteiger partial charge in [0.1, 0.15) is 0 Å². The highest BCUT2D eigenvalue weighted by molar-refractivity contribution is 5.76. The van der Waals surface area contributed by atoms with Gasteiger partial charge in [-0.2, -0.15) is 5.26 Å². The summed E-state index contributed by atoms with van der Waals surface area (Å²) in [6.45, 7) is 7.39. The lowest BCUT2D eigenvalue weighted by Gasteiger charge is -2.42. The van der Waals surface area contributed by atoms with Gasteiger partial charge in [-0.25, -0.2) is 0 Å². The Kier molecular flexibility index (Phi) is 6.29. The fourth-order valence-corrected chi connectivity index (χ4v) is 9.84. The zero-order valence-electron chi connectivity index (χ0n) is 26.1. The van der Waals surface area contributed by atoms with E-state index in [1.807, 2.05) is 24.3 Å². The minimum Gasteiger partial charge on any atom is -0.371 e. The number of nitriles is 1. The minimum absolute atomic E-state index is 0.189. The molecule has 218 valence electrons. The van der Waals surface area contributed by atoms with Gasteiger partial charge in [-0.15, -0.1) is 6.42 Å². The Morgan fingerprint density at radius 1 is 0.682 bits per heavy atom. The van der Waals surface area contributed by atoms with E-state index >= 15 is 0 Å². The largest absolute Gasteiger partial charge is 0.371 e. The first-order chi connectivity index (χ1) is 21.4. The Balaban J connectivity index is 1.24. The van der Waals surface area contributed by atoms with Crippen LogP contribution in [0.5, 0.6) is 0 Å². The molecule has 2 fully saturated rings. The first-order valence-corrected chi connectivity index (χ1v) is 16.6. The molecule has 0 N–H and O–H groups in total. The highest BCUT2D eigenvalue weighted by atomic mass is 15.1. The predicted octanol–water partition coefficient (Wildman–Crippen LogP) is 9.34. The summed E-state index contributed by atoms with van der Waals surface area (Å²) in [6, 6.07) is 26.0. The van der Waals surface area contributed by atoms with Crippen molar-refractivity contribution in [2.24, 2.45) is 0 Å². The quantitative estimate of drug-likeness (QED) is 0.228. The average molecular weight is 573 g/mol. The van der Waals surface area contributed by atoms with Crippen molar-refractivity contribution in [1.82, 2.24) is 0 Å². The molecule has 2 aliphatic heterocycles. The predicted molar refractivity (Wildman–Crippen MR) is 181 cm³/mol. The van der Waals surface area contributed by atoms with E-state index in [9.17, 15) is 5.26 Å². The van der Waals surface area contributed by atoms with Crippen LogP contribution in [0.25, 0.3) is 22.3 Å². The molecular weight excluding hydrogens is 532 g/mol. The van der Waals surface area contributed by atoms with Gasteiger partial charge >= 0.3 is 0 Å². The topological polar surface area (TPSA) is 27.0 Å². The molecule has 4 aromatic rings. The molecular formula is C42H40N2. The van der Waals surface area contributed by atoms with Crippen molar-refractivity contribution < 1.29 is 0 Å². The molecule has 2 bridgehead atoms. The molecule has 0 atom stereocenters. The van der Waals surface area contributed by atoms with Crippen molar-refractivity contribution >= 4 is 5.69 Å². The fourth-order valence-electron chi connectivity index (χ4n) is 9.84. The summed E-state index contributed by atoms with van der Waals surface area (Å²) in [6.07, 6.45) is 17.1. The highest BCUT2D eigenvalue weighted by Gasteiger charge is 2.57. The van der Waals surface area contributed by atoms with Crippen LogP contribution < -0.4 is 4.90 Å². The lowest BCUT2D eigenvalue weighted by Crippen LogP contribution is -2.36. The van der Waals surface area contributed by atoms with E-state index in [4.69, 9.17) is 6.42 Å². The van der Waals surface area contributed by atoms with Gasteiger partial charge in [0.25, 0.3) is 0 Å². The third-order valence-electron chi connectivity index (χ3n) is 11.9. The first kappa shape index (κ1) is 27.3. The molecule has 0 unspecified atom stereocenters. The summed E-state index contributed by atoms with van der Waals surface area (Å²) in [7, 11) is 0. The Morgan fingerprint density at radius 2 is 1.20 bits per heavy atom. The molecule has 0 amide bonds. The van der Waals surface area contributed by atoms with E-state index in [2.05, 4.69) is 73.2 Å². The summed E-state index contributed by atoms with van der Waals surface area (Å²) in [5.74, 6) is 2.76. The number of hydrogen-bond acceptors (Lipinski definition) is 2. The maximum absolute atomic E-state index is 9.40. The third kappa shape index (κ3) is 4.08. The summed E-state index contributed by atoms with van der Waals surface area (Å²) < 4.78 is 0. The molecule has 4 aliphatic rings. The standard InChI is InChI=1S/C42H40N2/c1-4-30-9-13-32(14-10-30)34-23-35(33-15-11-31(26-43)12-16-33)25-36(24-34)41-17-19-42(27-41,20-18-41)39-28(2)37-7-5-21-44-22-6-8-38(29(39)3)40(37)44/h1,9-16,23-25H,5-8,17-22,27H2,2-3H3. The molecule has 0 spiro atoms. The zero-order chi connectivity index (χ0) is 30.1. The van der Waals surface area contributed by atoms with Crippen molar-refractivity contribution in [1.29, 1.82) is 5.26 Å². The number of fused-ring (bicyclic) bond motifs is 2. The number of nitrogens with zero attached hydrogens (tertiary/aromatic N) is 2. The molecule has 2 heteroatoms. The molecule has 2 heterocycles. The van der Waals surface area contributed by atoms with Crippen LogP contribution in [0.1, 0.15) is 89.5 Å². The monoisotopic (exact) mass is 572 g/mol. The molecule has 4 aromatic carbocycles. The van der Waals surface area contributed by atoms with Crippen LogP contribution in [0.2, 0.25) is 0 Å². The smallest absolute Gasteiger partial charge is 0.0991 e. The fraction of sp³-hybridized carbons (Fsp3) is 0.357. The maximum Gasteiger partial charge on any atom is 0.0991 e. The second-order valence-corrected chi connectivity index (χ2v) is 14.1. The molecule has 0 saturated heterocycles. The van der Waals surface area contributed by atoms with Gasteiger partial charge < -0.3 is 4.90 Å². The van der Waals surface area contributed by atoms with E-state index in [0.29, 0.717) is 5.56 Å². The van der Waals surface area contributed by atoms with Crippen molar-refractivity contribution in [3.63, 3.8) is 0 Å². The minimum atomic E-state index is 0.189. The summed E-state index contributed by atoms with van der Waals surface area (Å²) in [5, 5.41) is 9.40. The molecule has 0 aromatic heterocycles.